The number of carboxylic acid groups (broad SMARTS) is 1. The minimum absolute atomic E-state index is 0.0898. The Bertz CT molecular complexity index is 1300. The summed E-state index contributed by atoms with van der Waals surface area (Å²) >= 11 is 0. The van der Waals surface area contributed by atoms with Crippen LogP contribution in [-0.2, 0) is 36.9 Å². The standard InChI is InChI=1S/C33H47N3O5.C2HF3O2/c1-5-7-8-10-14-23(3)34-30(25-15-11-9-12-16-25)31(37)36-21-27(19-29(36)32(38)40-4)41-33(39)35-20-26-18-13-17-24(6-2)28(26)22-35;3-2(4,5)1(6)7/h5-6,13,17-18,23,25,27,29-30,34H,1-2,7-12,14-16,19-22H2,3-4H3;(H,6,7)/t23?,27-,29+,30+;/m1./s1. The van der Waals surface area contributed by atoms with Crippen LogP contribution in [0, 0.1) is 5.92 Å². The number of nitrogens with zero attached hydrogens (tertiary/aromatic N) is 2. The molecular weight excluding hydrogens is 631 g/mol. The van der Waals surface area contributed by atoms with Crippen molar-refractivity contribution in [1.29, 1.82) is 0 Å². The summed E-state index contributed by atoms with van der Waals surface area (Å²) < 4.78 is 42.8. The number of benzene rings is 1. The lowest BCUT2D eigenvalue weighted by molar-refractivity contribution is -0.192. The number of hydrogen-bond donors (Lipinski definition) is 2. The predicted octanol–water partition coefficient (Wildman–Crippen LogP) is 6.23. The van der Waals surface area contributed by atoms with Gasteiger partial charge in [-0.2, -0.15) is 13.2 Å². The highest BCUT2D eigenvalue weighted by atomic mass is 19.4. The molecule has 1 aliphatic carbocycles. The summed E-state index contributed by atoms with van der Waals surface area (Å²) in [5, 5.41) is 10.8. The number of esters is 1. The number of ether oxygens (including phenoxy) is 2. The summed E-state index contributed by atoms with van der Waals surface area (Å²) in [6, 6.07) is 4.98. The Labute approximate surface area is 280 Å². The molecule has 266 valence electrons. The molecule has 0 aromatic heterocycles. The Morgan fingerprint density at radius 1 is 1.10 bits per heavy atom. The molecular formula is C35H48F3N3O7. The molecule has 1 aromatic rings. The molecule has 13 heteroatoms. The van der Waals surface area contributed by atoms with E-state index >= 15 is 0 Å². The first-order valence-corrected chi connectivity index (χ1v) is 16.5. The van der Waals surface area contributed by atoms with Crippen molar-refractivity contribution in [2.75, 3.05) is 13.7 Å². The summed E-state index contributed by atoms with van der Waals surface area (Å²) in [4.78, 5) is 52.4. The average Bonchev–Trinajstić information content (AvgIpc) is 3.70. The van der Waals surface area contributed by atoms with E-state index in [1.54, 1.807) is 15.9 Å². The van der Waals surface area contributed by atoms with Gasteiger partial charge in [0.05, 0.1) is 26.2 Å². The Balaban J connectivity index is 0.000000804. The maximum absolute atomic E-state index is 14.2. The maximum atomic E-state index is 14.2. The predicted molar refractivity (Wildman–Crippen MR) is 173 cm³/mol. The zero-order valence-corrected chi connectivity index (χ0v) is 27.8. The van der Waals surface area contributed by atoms with E-state index < -0.39 is 36.4 Å². The van der Waals surface area contributed by atoms with Crippen LogP contribution in [0.25, 0.3) is 6.08 Å². The van der Waals surface area contributed by atoms with E-state index in [0.717, 1.165) is 68.1 Å². The average molecular weight is 680 g/mol. The first-order valence-electron chi connectivity index (χ1n) is 16.5. The number of methoxy groups -OCH3 is 1. The Hall–Kier alpha value is -3.87. The van der Waals surface area contributed by atoms with Crippen LogP contribution in [0.15, 0.2) is 37.4 Å². The number of fused-ring (bicyclic) bond motifs is 1. The molecule has 4 rings (SSSR count). The smallest absolute Gasteiger partial charge is 0.475 e. The van der Waals surface area contributed by atoms with Crippen molar-refractivity contribution >= 4 is 30.0 Å². The quantitative estimate of drug-likeness (QED) is 0.151. The second kappa shape index (κ2) is 18.0. The fraction of sp³-hybridized carbons (Fsp3) is 0.600. The summed E-state index contributed by atoms with van der Waals surface area (Å²) in [6.07, 6.45) is 7.36. The van der Waals surface area contributed by atoms with Gasteiger partial charge in [-0.25, -0.2) is 14.4 Å². The molecule has 0 bridgehead atoms. The van der Waals surface area contributed by atoms with Crippen molar-refractivity contribution in [3.8, 4) is 0 Å². The SMILES string of the molecule is C=CCCCCC(C)N[C@H](C(=O)N1C[C@H](OC(=O)N2Cc3cccc(C=C)c3C2)C[C@H]1C(=O)OC)C1CCCCC1.O=C(O)C(F)(F)F. The minimum atomic E-state index is -5.08. The monoisotopic (exact) mass is 679 g/mol. The fourth-order valence-electron chi connectivity index (χ4n) is 6.66. The third kappa shape index (κ3) is 10.6. The van der Waals surface area contributed by atoms with Crippen molar-refractivity contribution < 1.29 is 46.9 Å². The summed E-state index contributed by atoms with van der Waals surface area (Å²) in [7, 11) is 1.34. The Morgan fingerprint density at radius 2 is 1.79 bits per heavy atom. The van der Waals surface area contributed by atoms with Crippen LogP contribution in [0.5, 0.6) is 0 Å². The lowest BCUT2D eigenvalue weighted by Gasteiger charge is -2.36. The molecule has 1 saturated heterocycles. The van der Waals surface area contributed by atoms with Crippen molar-refractivity contribution in [2.45, 2.75) is 115 Å². The van der Waals surface area contributed by atoms with Crippen molar-refractivity contribution in [1.82, 2.24) is 15.1 Å². The number of rotatable bonds is 12. The largest absolute Gasteiger partial charge is 0.490 e. The van der Waals surface area contributed by atoms with E-state index in [-0.39, 0.29) is 36.9 Å². The normalized spacial score (nSPS) is 20.5. The van der Waals surface area contributed by atoms with Gasteiger partial charge in [-0.15, -0.1) is 6.58 Å². The number of hydrogen-bond acceptors (Lipinski definition) is 7. The van der Waals surface area contributed by atoms with E-state index in [4.69, 9.17) is 19.4 Å². The van der Waals surface area contributed by atoms with Crippen LogP contribution >= 0.6 is 0 Å². The first-order chi connectivity index (χ1) is 22.8. The molecule has 4 atom stereocenters. The lowest BCUT2D eigenvalue weighted by atomic mass is 9.82. The molecule has 2 N–H and O–H groups in total. The second-order valence-electron chi connectivity index (χ2n) is 12.6. The van der Waals surface area contributed by atoms with Gasteiger partial charge in [-0.3, -0.25) is 9.69 Å². The number of allylic oxidation sites excluding steroid dienone is 1. The molecule has 2 aliphatic heterocycles. The fourth-order valence-corrected chi connectivity index (χ4v) is 6.66. The van der Waals surface area contributed by atoms with E-state index in [1.807, 2.05) is 24.3 Å². The van der Waals surface area contributed by atoms with Gasteiger partial charge in [0.2, 0.25) is 5.91 Å². The van der Waals surface area contributed by atoms with Gasteiger partial charge in [0.1, 0.15) is 12.1 Å². The van der Waals surface area contributed by atoms with Gasteiger partial charge in [0.15, 0.2) is 0 Å². The third-order valence-electron chi connectivity index (χ3n) is 9.17. The molecule has 2 fully saturated rings. The molecule has 1 unspecified atom stereocenters. The van der Waals surface area contributed by atoms with Crippen LogP contribution < -0.4 is 5.32 Å². The molecule has 0 spiro atoms. The van der Waals surface area contributed by atoms with E-state index in [2.05, 4.69) is 25.4 Å². The number of carboxylic acids is 1. The highest BCUT2D eigenvalue weighted by Crippen LogP contribution is 2.32. The number of likely N-dealkylation sites (tertiary alicyclic amines) is 1. The molecule has 2 amide bonds. The molecule has 2 heterocycles. The van der Waals surface area contributed by atoms with Gasteiger partial charge < -0.3 is 24.8 Å². The Morgan fingerprint density at radius 3 is 2.40 bits per heavy atom. The van der Waals surface area contributed by atoms with Gasteiger partial charge in [-0.1, -0.05) is 62.6 Å². The topological polar surface area (TPSA) is 125 Å². The summed E-state index contributed by atoms with van der Waals surface area (Å²) in [6.45, 7) is 10.9. The minimum Gasteiger partial charge on any atom is -0.475 e. The molecule has 3 aliphatic rings. The number of alkyl halides is 3. The van der Waals surface area contributed by atoms with E-state index in [1.165, 1.54) is 13.5 Å². The second-order valence-corrected chi connectivity index (χ2v) is 12.6. The first kappa shape index (κ1) is 38.6. The van der Waals surface area contributed by atoms with Crippen LogP contribution in [-0.4, -0.2) is 82.9 Å². The van der Waals surface area contributed by atoms with Crippen LogP contribution in [0.1, 0.15) is 87.8 Å². The number of aliphatic carboxylic acids is 1. The molecule has 0 radical (unpaired) electrons. The number of unbranched alkanes of at least 4 members (excludes halogenated alkanes) is 2. The third-order valence-corrected chi connectivity index (χ3v) is 9.17. The number of nitrogens with one attached hydrogen (secondary N) is 1. The maximum Gasteiger partial charge on any atom is 0.490 e. The summed E-state index contributed by atoms with van der Waals surface area (Å²) in [5.41, 5.74) is 3.17. The molecule has 48 heavy (non-hydrogen) atoms. The zero-order valence-electron chi connectivity index (χ0n) is 27.8. The van der Waals surface area contributed by atoms with Crippen LogP contribution in [0.3, 0.4) is 0 Å². The summed E-state index contributed by atoms with van der Waals surface area (Å²) in [5.74, 6) is -3.10. The number of carbonyl (C=O) groups excluding carboxylic acids is 3. The number of halogens is 3. The zero-order chi connectivity index (χ0) is 35.4. The molecule has 10 nitrogen and oxygen atoms in total. The van der Waals surface area contributed by atoms with Crippen molar-refractivity contribution in [3.63, 3.8) is 0 Å². The molecule has 1 aromatic carbocycles. The van der Waals surface area contributed by atoms with Crippen molar-refractivity contribution in [3.05, 3.63) is 54.1 Å². The van der Waals surface area contributed by atoms with Gasteiger partial charge in [0, 0.05) is 19.0 Å². The number of carbonyl (C=O) groups is 4. The lowest BCUT2D eigenvalue weighted by Crippen LogP contribution is -2.55. The van der Waals surface area contributed by atoms with E-state index in [9.17, 15) is 27.6 Å². The highest BCUT2D eigenvalue weighted by Gasteiger charge is 2.46. The van der Waals surface area contributed by atoms with Gasteiger partial charge in [-0.05, 0) is 61.6 Å². The van der Waals surface area contributed by atoms with Gasteiger partial charge >= 0.3 is 24.2 Å². The van der Waals surface area contributed by atoms with Crippen LogP contribution in [0.4, 0.5) is 18.0 Å². The highest BCUT2D eigenvalue weighted by molar-refractivity contribution is 5.88. The number of amides is 2. The molecule has 1 saturated carbocycles. The van der Waals surface area contributed by atoms with E-state index in [0.29, 0.717) is 13.1 Å². The van der Waals surface area contributed by atoms with Crippen molar-refractivity contribution in [2.24, 2.45) is 5.92 Å². The van der Waals surface area contributed by atoms with Gasteiger partial charge in [0.25, 0.3) is 0 Å². The Kier molecular flexibility index (Phi) is 14.5. The van der Waals surface area contributed by atoms with Crippen LogP contribution in [0.2, 0.25) is 0 Å².